The summed E-state index contributed by atoms with van der Waals surface area (Å²) in [5.74, 6) is 0.110. The first-order chi connectivity index (χ1) is 8.58. The van der Waals surface area contributed by atoms with Gasteiger partial charge in [-0.15, -0.1) is 0 Å². The molecule has 0 fully saturated rings. The maximum absolute atomic E-state index is 13.3. The number of rotatable bonds is 3. The molecule has 0 aliphatic heterocycles. The van der Waals surface area contributed by atoms with Gasteiger partial charge in [-0.25, -0.2) is 4.39 Å². The molecule has 0 saturated carbocycles. The van der Waals surface area contributed by atoms with E-state index in [1.807, 2.05) is 12.1 Å². The number of benzene rings is 2. The standard InChI is InChI=1S/C13H10Br2FNO/c14-10-2-1-3-13(17)9(10)7-18-8-4-5-11(15)12(16)6-8/h1-6H,7,17H2. The molecule has 0 spiro atoms. The molecule has 2 nitrogen and oxygen atoms in total. The molecule has 0 atom stereocenters. The maximum Gasteiger partial charge on any atom is 0.141 e. The van der Waals surface area contributed by atoms with E-state index >= 15 is 0 Å². The van der Waals surface area contributed by atoms with E-state index in [4.69, 9.17) is 10.5 Å². The van der Waals surface area contributed by atoms with Crippen molar-refractivity contribution < 1.29 is 9.13 Å². The molecular formula is C13H10Br2FNO. The van der Waals surface area contributed by atoms with Crippen LogP contribution < -0.4 is 10.5 Å². The SMILES string of the molecule is Nc1cccc(Br)c1COc1ccc(Br)c(F)c1. The molecule has 94 valence electrons. The van der Waals surface area contributed by atoms with E-state index in [9.17, 15) is 4.39 Å². The highest BCUT2D eigenvalue weighted by atomic mass is 79.9. The third-order valence-corrected chi connectivity index (χ3v) is 3.82. The summed E-state index contributed by atoms with van der Waals surface area (Å²) in [7, 11) is 0. The van der Waals surface area contributed by atoms with Crippen molar-refractivity contribution in [3.8, 4) is 5.75 Å². The van der Waals surface area contributed by atoms with Gasteiger partial charge in [-0.05, 0) is 40.2 Å². The molecule has 2 aromatic carbocycles. The summed E-state index contributed by atoms with van der Waals surface area (Å²) in [5, 5.41) is 0. The molecular weight excluding hydrogens is 365 g/mol. The molecule has 0 unspecified atom stereocenters. The minimum absolute atomic E-state index is 0.286. The lowest BCUT2D eigenvalue weighted by Crippen LogP contribution is -2.01. The Balaban J connectivity index is 2.14. The van der Waals surface area contributed by atoms with Gasteiger partial charge in [-0.3, -0.25) is 0 Å². The zero-order valence-electron chi connectivity index (χ0n) is 9.29. The van der Waals surface area contributed by atoms with Gasteiger partial charge in [-0.1, -0.05) is 22.0 Å². The highest BCUT2D eigenvalue weighted by molar-refractivity contribution is 9.10. The van der Waals surface area contributed by atoms with Crippen molar-refractivity contribution in [3.63, 3.8) is 0 Å². The van der Waals surface area contributed by atoms with Crippen LogP contribution in [0.5, 0.6) is 5.75 Å². The molecule has 18 heavy (non-hydrogen) atoms. The number of nitrogens with two attached hydrogens (primary N) is 1. The van der Waals surface area contributed by atoms with Gasteiger partial charge in [-0.2, -0.15) is 0 Å². The van der Waals surface area contributed by atoms with Crippen LogP contribution in [0.1, 0.15) is 5.56 Å². The largest absolute Gasteiger partial charge is 0.489 e. The molecule has 0 radical (unpaired) electrons. The van der Waals surface area contributed by atoms with Crippen LogP contribution in [0.2, 0.25) is 0 Å². The van der Waals surface area contributed by atoms with Gasteiger partial charge in [0.25, 0.3) is 0 Å². The van der Waals surface area contributed by atoms with Crippen molar-refractivity contribution in [3.05, 3.63) is 56.7 Å². The van der Waals surface area contributed by atoms with E-state index in [1.54, 1.807) is 18.2 Å². The Labute approximate surface area is 121 Å². The number of halogens is 3. The number of nitrogen functional groups attached to an aromatic ring is 1. The van der Waals surface area contributed by atoms with E-state index in [0.717, 1.165) is 10.0 Å². The van der Waals surface area contributed by atoms with E-state index in [1.165, 1.54) is 6.07 Å². The summed E-state index contributed by atoms with van der Waals surface area (Å²) in [6.07, 6.45) is 0. The molecule has 2 rings (SSSR count). The highest BCUT2D eigenvalue weighted by Gasteiger charge is 2.06. The molecule has 0 aliphatic rings. The molecule has 2 aromatic rings. The van der Waals surface area contributed by atoms with Crippen LogP contribution in [0, 0.1) is 5.82 Å². The third-order valence-electron chi connectivity index (χ3n) is 2.43. The van der Waals surface area contributed by atoms with E-state index in [-0.39, 0.29) is 12.4 Å². The van der Waals surface area contributed by atoms with Gasteiger partial charge in [0.15, 0.2) is 0 Å². The lowest BCUT2D eigenvalue weighted by molar-refractivity contribution is 0.304. The van der Waals surface area contributed by atoms with Crippen LogP contribution in [0.25, 0.3) is 0 Å². The van der Waals surface area contributed by atoms with Gasteiger partial charge in [0.05, 0.1) is 4.47 Å². The van der Waals surface area contributed by atoms with Crippen molar-refractivity contribution in [2.24, 2.45) is 0 Å². The molecule has 0 heterocycles. The van der Waals surface area contributed by atoms with Gasteiger partial charge >= 0.3 is 0 Å². The second-order valence-electron chi connectivity index (χ2n) is 3.67. The van der Waals surface area contributed by atoms with Crippen LogP contribution in [-0.2, 0) is 6.61 Å². The summed E-state index contributed by atoms with van der Waals surface area (Å²) in [6.45, 7) is 0.286. The molecule has 5 heteroatoms. The summed E-state index contributed by atoms with van der Waals surface area (Å²) in [5.41, 5.74) is 7.34. The molecule has 0 amide bonds. The van der Waals surface area contributed by atoms with Crippen LogP contribution in [0.3, 0.4) is 0 Å². The van der Waals surface area contributed by atoms with Crippen molar-refractivity contribution in [2.45, 2.75) is 6.61 Å². The molecule has 2 N–H and O–H groups in total. The fourth-order valence-electron chi connectivity index (χ4n) is 1.45. The first-order valence-electron chi connectivity index (χ1n) is 5.18. The summed E-state index contributed by atoms with van der Waals surface area (Å²) in [6, 6.07) is 10.2. The Morgan fingerprint density at radius 3 is 2.56 bits per heavy atom. The van der Waals surface area contributed by atoms with E-state index < -0.39 is 0 Å². The van der Waals surface area contributed by atoms with Crippen LogP contribution >= 0.6 is 31.9 Å². The summed E-state index contributed by atoms with van der Waals surface area (Å²) < 4.78 is 20.1. The maximum atomic E-state index is 13.3. The minimum atomic E-state index is -0.354. The number of ether oxygens (including phenoxy) is 1. The Hall–Kier alpha value is -1.07. The normalized spacial score (nSPS) is 10.4. The van der Waals surface area contributed by atoms with Gasteiger partial charge < -0.3 is 10.5 Å². The quantitative estimate of drug-likeness (QED) is 0.802. The monoisotopic (exact) mass is 373 g/mol. The third kappa shape index (κ3) is 3.03. The highest BCUT2D eigenvalue weighted by Crippen LogP contribution is 2.26. The predicted octanol–water partition coefficient (Wildman–Crippen LogP) is 4.51. The number of hydrogen-bond acceptors (Lipinski definition) is 2. The average molecular weight is 375 g/mol. The predicted molar refractivity (Wildman–Crippen MR) is 77.0 cm³/mol. The van der Waals surface area contributed by atoms with Gasteiger partial charge in [0.1, 0.15) is 18.2 Å². The fourth-order valence-corrected chi connectivity index (χ4v) is 2.19. The van der Waals surface area contributed by atoms with Crippen molar-refractivity contribution in [1.82, 2.24) is 0 Å². The fraction of sp³-hybridized carbons (Fsp3) is 0.0769. The van der Waals surface area contributed by atoms with Gasteiger partial charge in [0, 0.05) is 21.8 Å². The van der Waals surface area contributed by atoms with E-state index in [2.05, 4.69) is 31.9 Å². The first kappa shape index (κ1) is 13.4. The summed E-state index contributed by atoms with van der Waals surface area (Å²) >= 11 is 6.50. The van der Waals surface area contributed by atoms with Gasteiger partial charge in [0.2, 0.25) is 0 Å². The second-order valence-corrected chi connectivity index (χ2v) is 5.38. The Morgan fingerprint density at radius 1 is 1.11 bits per heavy atom. The van der Waals surface area contributed by atoms with Crippen molar-refractivity contribution >= 4 is 37.5 Å². The Kier molecular flexibility index (Phi) is 4.24. The first-order valence-corrected chi connectivity index (χ1v) is 6.77. The zero-order chi connectivity index (χ0) is 13.1. The zero-order valence-corrected chi connectivity index (χ0v) is 12.5. The minimum Gasteiger partial charge on any atom is -0.489 e. The lowest BCUT2D eigenvalue weighted by atomic mass is 10.2. The van der Waals surface area contributed by atoms with Crippen LogP contribution in [-0.4, -0.2) is 0 Å². The second kappa shape index (κ2) is 5.71. The smallest absolute Gasteiger partial charge is 0.141 e. The van der Waals surface area contributed by atoms with Crippen molar-refractivity contribution in [1.29, 1.82) is 0 Å². The average Bonchev–Trinajstić information content (AvgIpc) is 2.33. The summed E-state index contributed by atoms with van der Waals surface area (Å²) in [4.78, 5) is 0. The Morgan fingerprint density at radius 2 is 1.89 bits per heavy atom. The molecule has 0 aliphatic carbocycles. The lowest BCUT2D eigenvalue weighted by Gasteiger charge is -2.10. The number of anilines is 1. The Bertz CT molecular complexity index is 555. The van der Waals surface area contributed by atoms with Crippen molar-refractivity contribution in [2.75, 3.05) is 5.73 Å². The molecule has 0 bridgehead atoms. The van der Waals surface area contributed by atoms with E-state index in [0.29, 0.717) is 15.9 Å². The van der Waals surface area contributed by atoms with Crippen LogP contribution in [0.15, 0.2) is 45.3 Å². The molecule has 0 saturated heterocycles. The number of hydrogen-bond donors (Lipinski definition) is 1. The molecule has 0 aromatic heterocycles. The van der Waals surface area contributed by atoms with Crippen LogP contribution in [0.4, 0.5) is 10.1 Å². The topological polar surface area (TPSA) is 35.2 Å².